The molecule has 2 aromatic rings. The summed E-state index contributed by atoms with van der Waals surface area (Å²) in [5, 5.41) is 3.11. The summed E-state index contributed by atoms with van der Waals surface area (Å²) in [7, 11) is 0. The van der Waals surface area contributed by atoms with Crippen LogP contribution in [0.1, 0.15) is 48.4 Å². The molecule has 1 aromatic carbocycles. The Bertz CT molecular complexity index is 1000. The van der Waals surface area contributed by atoms with E-state index < -0.39 is 0 Å². The average molecular weight is 440 g/mol. The van der Waals surface area contributed by atoms with Crippen LogP contribution in [-0.4, -0.2) is 60.0 Å². The molecule has 0 bridgehead atoms. The topological polar surface area (TPSA) is 72.8 Å². The van der Waals surface area contributed by atoms with Crippen molar-refractivity contribution in [1.29, 1.82) is 0 Å². The van der Waals surface area contributed by atoms with Gasteiger partial charge in [0.25, 0.3) is 0 Å². The monoisotopic (exact) mass is 439 g/mol. The molecule has 32 heavy (non-hydrogen) atoms. The van der Waals surface area contributed by atoms with Crippen LogP contribution in [-0.2, 0) is 4.79 Å². The molecule has 0 atom stereocenters. The summed E-state index contributed by atoms with van der Waals surface area (Å²) in [6.45, 7) is 11.0. The molecule has 7 heteroatoms. The number of nitrogens with zero attached hydrogens (tertiary/aromatic N) is 2. The highest BCUT2D eigenvalue weighted by molar-refractivity contribution is 5.99. The standard InChI is InChI=1S/C25H33N3O4/c1-16(2)25(30)26-19-7-9-27(10-8-19)15-22(29)21-13-17(3)28(18(21)4)20-5-6-23-24(14-20)32-12-11-31-23/h5-6,13-14,16,19H,7-12,15H2,1-4H3,(H,26,30). The molecular weight excluding hydrogens is 406 g/mol. The molecule has 3 heterocycles. The summed E-state index contributed by atoms with van der Waals surface area (Å²) >= 11 is 0. The molecule has 1 saturated heterocycles. The number of amides is 1. The van der Waals surface area contributed by atoms with E-state index in [2.05, 4.69) is 14.8 Å². The van der Waals surface area contributed by atoms with Gasteiger partial charge in [0.1, 0.15) is 13.2 Å². The highest BCUT2D eigenvalue weighted by Crippen LogP contribution is 2.33. The zero-order valence-electron chi connectivity index (χ0n) is 19.4. The molecule has 0 spiro atoms. The Morgan fingerprint density at radius 1 is 1.06 bits per heavy atom. The maximum Gasteiger partial charge on any atom is 0.222 e. The van der Waals surface area contributed by atoms with E-state index in [0.717, 1.165) is 60.1 Å². The largest absolute Gasteiger partial charge is 0.486 e. The average Bonchev–Trinajstić information content (AvgIpc) is 3.08. The number of ketones is 1. The van der Waals surface area contributed by atoms with Gasteiger partial charge in [-0.15, -0.1) is 0 Å². The van der Waals surface area contributed by atoms with Crippen LogP contribution in [0.15, 0.2) is 24.3 Å². The van der Waals surface area contributed by atoms with Crippen molar-refractivity contribution >= 4 is 11.7 Å². The van der Waals surface area contributed by atoms with Crippen LogP contribution in [0.2, 0.25) is 0 Å². The SMILES string of the molecule is Cc1cc(C(=O)CN2CCC(NC(=O)C(C)C)CC2)c(C)n1-c1ccc2c(c1)OCCO2. The molecule has 0 aliphatic carbocycles. The molecule has 0 unspecified atom stereocenters. The summed E-state index contributed by atoms with van der Waals surface area (Å²) in [6.07, 6.45) is 1.75. The molecule has 2 aliphatic heterocycles. The normalized spacial score (nSPS) is 16.9. The minimum Gasteiger partial charge on any atom is -0.486 e. The molecule has 1 N–H and O–H groups in total. The Labute approximate surface area is 189 Å². The number of ether oxygens (including phenoxy) is 2. The maximum absolute atomic E-state index is 13.1. The summed E-state index contributed by atoms with van der Waals surface area (Å²) in [4.78, 5) is 27.3. The Kier molecular flexibility index (Phi) is 6.55. The van der Waals surface area contributed by atoms with E-state index in [4.69, 9.17) is 9.47 Å². The van der Waals surface area contributed by atoms with Crippen molar-refractivity contribution in [2.45, 2.75) is 46.6 Å². The van der Waals surface area contributed by atoms with E-state index in [1.54, 1.807) is 0 Å². The Balaban J connectivity index is 1.42. The van der Waals surface area contributed by atoms with Crippen LogP contribution < -0.4 is 14.8 Å². The lowest BCUT2D eigenvalue weighted by atomic mass is 10.0. The number of Topliss-reactive ketones (excluding diaryl/α,β-unsaturated/α-hetero) is 1. The van der Waals surface area contributed by atoms with Gasteiger partial charge in [-0.2, -0.15) is 0 Å². The quantitative estimate of drug-likeness (QED) is 0.700. The molecule has 2 aliphatic rings. The van der Waals surface area contributed by atoms with E-state index in [1.807, 2.05) is 52.0 Å². The van der Waals surface area contributed by atoms with Crippen molar-refractivity contribution in [1.82, 2.24) is 14.8 Å². The number of aryl methyl sites for hydroxylation is 1. The van der Waals surface area contributed by atoms with E-state index >= 15 is 0 Å². The lowest BCUT2D eigenvalue weighted by Gasteiger charge is -2.32. The molecule has 1 fully saturated rings. The number of aromatic nitrogens is 1. The van der Waals surface area contributed by atoms with Crippen molar-refractivity contribution in [3.8, 4) is 17.2 Å². The maximum atomic E-state index is 13.1. The second kappa shape index (κ2) is 9.36. The van der Waals surface area contributed by atoms with Crippen molar-refractivity contribution < 1.29 is 19.1 Å². The number of hydrogen-bond acceptors (Lipinski definition) is 5. The van der Waals surface area contributed by atoms with Gasteiger partial charge in [-0.1, -0.05) is 13.8 Å². The number of piperidine rings is 1. The molecule has 172 valence electrons. The van der Waals surface area contributed by atoms with E-state index in [9.17, 15) is 9.59 Å². The second-order valence-electron chi connectivity index (χ2n) is 9.09. The molecular formula is C25H33N3O4. The van der Waals surface area contributed by atoms with Crippen LogP contribution in [0, 0.1) is 19.8 Å². The molecule has 1 amide bonds. The summed E-state index contributed by atoms with van der Waals surface area (Å²) < 4.78 is 13.4. The number of carbonyl (C=O) groups is 2. The van der Waals surface area contributed by atoms with Crippen molar-refractivity contribution in [3.05, 3.63) is 41.2 Å². The summed E-state index contributed by atoms with van der Waals surface area (Å²) in [6, 6.07) is 8.07. The van der Waals surface area contributed by atoms with Gasteiger partial charge in [0.05, 0.1) is 6.54 Å². The van der Waals surface area contributed by atoms with Gasteiger partial charge < -0.3 is 19.4 Å². The summed E-state index contributed by atoms with van der Waals surface area (Å²) in [5.74, 6) is 1.73. The van der Waals surface area contributed by atoms with Crippen molar-refractivity contribution in [2.75, 3.05) is 32.8 Å². The third-order valence-corrected chi connectivity index (χ3v) is 6.34. The second-order valence-corrected chi connectivity index (χ2v) is 9.09. The molecule has 7 nitrogen and oxygen atoms in total. The summed E-state index contributed by atoms with van der Waals surface area (Å²) in [5.41, 5.74) is 3.67. The highest BCUT2D eigenvalue weighted by Gasteiger charge is 2.25. The van der Waals surface area contributed by atoms with E-state index in [1.165, 1.54) is 0 Å². The van der Waals surface area contributed by atoms with Crippen LogP contribution in [0.5, 0.6) is 11.5 Å². The van der Waals surface area contributed by atoms with Crippen LogP contribution in [0.25, 0.3) is 5.69 Å². The van der Waals surface area contributed by atoms with Gasteiger partial charge in [-0.05, 0) is 44.9 Å². The number of likely N-dealkylation sites (tertiary alicyclic amines) is 1. The Morgan fingerprint density at radius 2 is 1.75 bits per heavy atom. The molecule has 0 saturated carbocycles. The first-order chi connectivity index (χ1) is 15.3. The van der Waals surface area contributed by atoms with Crippen LogP contribution in [0.3, 0.4) is 0 Å². The van der Waals surface area contributed by atoms with Gasteiger partial charge in [0.15, 0.2) is 17.3 Å². The van der Waals surface area contributed by atoms with E-state index in [0.29, 0.717) is 19.8 Å². The molecule has 1 aromatic heterocycles. The van der Waals surface area contributed by atoms with Crippen LogP contribution >= 0.6 is 0 Å². The Hall–Kier alpha value is -2.80. The number of fused-ring (bicyclic) bond motifs is 1. The zero-order valence-corrected chi connectivity index (χ0v) is 19.4. The fraction of sp³-hybridized carbons (Fsp3) is 0.520. The van der Waals surface area contributed by atoms with Gasteiger partial charge in [-0.3, -0.25) is 14.5 Å². The van der Waals surface area contributed by atoms with Gasteiger partial charge in [-0.25, -0.2) is 0 Å². The first-order valence-corrected chi connectivity index (χ1v) is 11.5. The third kappa shape index (κ3) is 4.67. The van der Waals surface area contributed by atoms with Crippen molar-refractivity contribution in [2.24, 2.45) is 5.92 Å². The highest BCUT2D eigenvalue weighted by atomic mass is 16.6. The molecule has 0 radical (unpaired) electrons. The minimum absolute atomic E-state index is 0.000867. The predicted molar refractivity (Wildman–Crippen MR) is 123 cm³/mol. The third-order valence-electron chi connectivity index (χ3n) is 6.34. The Morgan fingerprint density at radius 3 is 2.44 bits per heavy atom. The van der Waals surface area contributed by atoms with Gasteiger partial charge in [0, 0.05) is 53.8 Å². The first kappa shape index (κ1) is 22.4. The number of rotatable bonds is 6. The van der Waals surface area contributed by atoms with Crippen molar-refractivity contribution in [3.63, 3.8) is 0 Å². The lowest BCUT2D eigenvalue weighted by molar-refractivity contribution is -0.125. The smallest absolute Gasteiger partial charge is 0.222 e. The van der Waals surface area contributed by atoms with E-state index in [-0.39, 0.29) is 23.7 Å². The number of nitrogens with one attached hydrogen (secondary N) is 1. The zero-order chi connectivity index (χ0) is 22.8. The fourth-order valence-corrected chi connectivity index (χ4v) is 4.51. The molecule has 4 rings (SSSR count). The lowest BCUT2D eigenvalue weighted by Crippen LogP contribution is -2.46. The predicted octanol–water partition coefficient (Wildman–Crippen LogP) is 3.28. The number of carbonyl (C=O) groups excluding carboxylic acids is 2. The number of hydrogen-bond donors (Lipinski definition) is 1. The van der Waals surface area contributed by atoms with Crippen LogP contribution in [0.4, 0.5) is 0 Å². The first-order valence-electron chi connectivity index (χ1n) is 11.5. The van der Waals surface area contributed by atoms with Gasteiger partial charge in [0.2, 0.25) is 5.91 Å². The fourth-order valence-electron chi connectivity index (χ4n) is 4.51. The minimum atomic E-state index is -0.000867. The number of benzene rings is 1. The van der Waals surface area contributed by atoms with Gasteiger partial charge >= 0.3 is 0 Å².